The minimum atomic E-state index is -2.95. The van der Waals surface area contributed by atoms with Crippen molar-refractivity contribution >= 4 is 35.5 Å². The summed E-state index contributed by atoms with van der Waals surface area (Å²) in [7, 11) is -5.91. The van der Waals surface area contributed by atoms with E-state index in [1.54, 1.807) is 0 Å². The molecule has 0 aliphatic rings. The molecule has 0 bridgehead atoms. The zero-order valence-electron chi connectivity index (χ0n) is 27.3. The maximum Gasteiger partial charge on any atom is 0.147 e. The van der Waals surface area contributed by atoms with Gasteiger partial charge in [0.15, 0.2) is 0 Å². The Kier molecular flexibility index (Phi) is 11.6. The zero-order valence-corrected chi connectivity index (χ0v) is 29.1. The molecule has 0 spiro atoms. The Balaban J connectivity index is 1.04. The Bertz CT molecular complexity index is 1770. The smallest absolute Gasteiger partial charge is 0.147 e. The monoisotopic (exact) mass is 686 g/mol. The van der Waals surface area contributed by atoms with Crippen LogP contribution >= 0.6 is 14.3 Å². The van der Waals surface area contributed by atoms with Crippen LogP contribution in [0.1, 0.15) is 11.1 Å². The molecule has 0 saturated carbocycles. The van der Waals surface area contributed by atoms with E-state index >= 15 is 0 Å². The first kappa shape index (κ1) is 34.2. The second kappa shape index (κ2) is 16.6. The van der Waals surface area contributed by atoms with Crippen LogP contribution in [-0.4, -0.2) is 26.4 Å². The van der Waals surface area contributed by atoms with Crippen molar-refractivity contribution in [2.75, 3.05) is 26.4 Å². The lowest BCUT2D eigenvalue weighted by atomic mass is 10.2. The molecule has 0 aromatic heterocycles. The Morgan fingerprint density at radius 1 is 0.347 bits per heavy atom. The molecule has 5 nitrogen and oxygen atoms in total. The van der Waals surface area contributed by atoms with Gasteiger partial charge in [0.2, 0.25) is 0 Å². The number of hydrogen-bond donors (Lipinski definition) is 0. The van der Waals surface area contributed by atoms with E-state index in [0.717, 1.165) is 32.3 Å². The number of para-hydroxylation sites is 2. The molecular weight excluding hydrogens is 646 g/mol. The summed E-state index contributed by atoms with van der Waals surface area (Å²) in [4.78, 5) is 0. The van der Waals surface area contributed by atoms with Crippen LogP contribution in [0.5, 0.6) is 11.5 Å². The van der Waals surface area contributed by atoms with Gasteiger partial charge in [-0.1, -0.05) is 158 Å². The van der Waals surface area contributed by atoms with Gasteiger partial charge >= 0.3 is 0 Å². The fourth-order valence-corrected chi connectivity index (χ4v) is 11.3. The molecule has 0 fully saturated rings. The van der Waals surface area contributed by atoms with Crippen LogP contribution < -0.4 is 30.7 Å². The fraction of sp³-hybridized carbons (Fsp3) is 0.143. The van der Waals surface area contributed by atoms with Gasteiger partial charge in [0.05, 0.1) is 13.2 Å². The lowest BCUT2D eigenvalue weighted by molar-refractivity contribution is 0.0761. The second-order valence-corrected chi connectivity index (χ2v) is 17.3. The van der Waals surface area contributed by atoms with Crippen LogP contribution in [-0.2, 0) is 26.2 Å². The highest BCUT2D eigenvalue weighted by molar-refractivity contribution is 7.78. The van der Waals surface area contributed by atoms with Gasteiger partial charge in [0, 0.05) is 44.7 Å². The molecule has 0 N–H and O–H groups in total. The van der Waals surface area contributed by atoms with E-state index in [4.69, 9.17) is 14.2 Å². The number of benzene rings is 6. The van der Waals surface area contributed by atoms with Gasteiger partial charge in [0.25, 0.3) is 0 Å². The molecule has 0 heterocycles. The zero-order chi connectivity index (χ0) is 33.8. The van der Waals surface area contributed by atoms with Crippen LogP contribution in [0.4, 0.5) is 0 Å². The highest BCUT2D eigenvalue weighted by Crippen LogP contribution is 2.49. The van der Waals surface area contributed by atoms with Crippen LogP contribution in [0, 0.1) is 0 Å². The molecule has 0 radical (unpaired) electrons. The molecule has 248 valence electrons. The molecular formula is C42H40O5P2. The van der Waals surface area contributed by atoms with Gasteiger partial charge in [-0.25, -0.2) is 0 Å². The van der Waals surface area contributed by atoms with Crippen molar-refractivity contribution in [3.05, 3.63) is 181 Å². The summed E-state index contributed by atoms with van der Waals surface area (Å²) in [5.74, 6) is 1.40. The third-order valence-electron chi connectivity index (χ3n) is 8.39. The first-order valence-corrected chi connectivity index (χ1v) is 20.2. The van der Waals surface area contributed by atoms with Crippen molar-refractivity contribution in [2.45, 2.75) is 12.3 Å². The standard InChI is InChI=1S/C42H40O5P2/c43-48(37-19-5-1-6-20-37,38-21-7-2-8-22-38)33-35-17-13-15-27-41(35)46-31-29-45-30-32-47-42-28-16-14-18-36(42)34-49(44,39-23-9-3-10-24-39)40-25-11-4-12-26-40/h1-28H,29-34H2. The SMILES string of the molecule is O=P(Cc1ccccc1OCCOCCOc1ccccc1CP(=O)(c1ccccc1)c1ccccc1)(c1ccccc1)c1ccccc1. The van der Waals surface area contributed by atoms with E-state index in [2.05, 4.69) is 0 Å². The predicted octanol–water partition coefficient (Wildman–Crippen LogP) is 8.19. The quantitative estimate of drug-likeness (QED) is 0.0760. The summed E-state index contributed by atoms with van der Waals surface area (Å²) < 4.78 is 47.5. The van der Waals surface area contributed by atoms with E-state index in [9.17, 15) is 9.13 Å². The Morgan fingerprint density at radius 2 is 0.633 bits per heavy atom. The van der Waals surface area contributed by atoms with E-state index in [-0.39, 0.29) is 0 Å². The highest BCUT2D eigenvalue weighted by atomic mass is 31.2. The summed E-state index contributed by atoms with van der Waals surface area (Å²) in [5, 5.41) is 3.29. The molecule has 0 amide bonds. The first-order chi connectivity index (χ1) is 24.1. The van der Waals surface area contributed by atoms with Crippen molar-refractivity contribution < 1.29 is 23.3 Å². The highest BCUT2D eigenvalue weighted by Gasteiger charge is 2.30. The molecule has 0 aliphatic heterocycles. The molecule has 6 aromatic rings. The largest absolute Gasteiger partial charge is 0.491 e. The summed E-state index contributed by atoms with van der Waals surface area (Å²) in [6, 6.07) is 54.3. The van der Waals surface area contributed by atoms with E-state index in [1.807, 2.05) is 170 Å². The predicted molar refractivity (Wildman–Crippen MR) is 202 cm³/mol. The van der Waals surface area contributed by atoms with Crippen molar-refractivity contribution in [2.24, 2.45) is 0 Å². The van der Waals surface area contributed by atoms with Crippen molar-refractivity contribution in [1.29, 1.82) is 0 Å². The number of hydrogen-bond acceptors (Lipinski definition) is 5. The van der Waals surface area contributed by atoms with Crippen molar-refractivity contribution in [3.63, 3.8) is 0 Å². The Morgan fingerprint density at radius 3 is 0.959 bits per heavy atom. The van der Waals surface area contributed by atoms with Gasteiger partial charge in [-0.3, -0.25) is 0 Å². The second-order valence-electron chi connectivity index (χ2n) is 11.7. The van der Waals surface area contributed by atoms with Crippen LogP contribution in [0.15, 0.2) is 170 Å². The maximum absolute atomic E-state index is 14.6. The average Bonchev–Trinajstić information content (AvgIpc) is 3.17. The Hall–Kier alpha value is -4.66. The molecule has 6 aromatic carbocycles. The summed E-state index contributed by atoms with van der Waals surface area (Å²) in [6.45, 7) is 1.41. The van der Waals surface area contributed by atoms with Gasteiger partial charge in [0.1, 0.15) is 39.0 Å². The third-order valence-corrected chi connectivity index (χ3v) is 14.5. The van der Waals surface area contributed by atoms with E-state index in [1.165, 1.54) is 0 Å². The van der Waals surface area contributed by atoms with Gasteiger partial charge in [-0.15, -0.1) is 0 Å². The van der Waals surface area contributed by atoms with Crippen LogP contribution in [0.2, 0.25) is 0 Å². The number of ether oxygens (including phenoxy) is 3. The summed E-state index contributed by atoms with van der Waals surface area (Å²) >= 11 is 0. The molecule has 49 heavy (non-hydrogen) atoms. The maximum atomic E-state index is 14.6. The molecule has 0 aliphatic carbocycles. The average molecular weight is 687 g/mol. The minimum absolute atomic E-state index is 0.339. The lowest BCUT2D eigenvalue weighted by Crippen LogP contribution is -2.18. The normalized spacial score (nSPS) is 11.6. The van der Waals surface area contributed by atoms with Crippen molar-refractivity contribution in [1.82, 2.24) is 0 Å². The molecule has 0 atom stereocenters. The fourth-order valence-electron chi connectivity index (χ4n) is 5.89. The van der Waals surface area contributed by atoms with Gasteiger partial charge in [-0.2, -0.15) is 0 Å². The van der Waals surface area contributed by atoms with Gasteiger partial charge < -0.3 is 23.3 Å². The molecule has 7 heteroatoms. The lowest BCUT2D eigenvalue weighted by Gasteiger charge is -2.21. The molecule has 6 rings (SSSR count). The van der Waals surface area contributed by atoms with E-state index < -0.39 is 14.3 Å². The van der Waals surface area contributed by atoms with E-state index in [0.29, 0.717) is 50.3 Å². The Labute approximate surface area is 289 Å². The molecule has 0 unspecified atom stereocenters. The first-order valence-electron chi connectivity index (χ1n) is 16.5. The number of rotatable bonds is 16. The van der Waals surface area contributed by atoms with Crippen LogP contribution in [0.25, 0.3) is 0 Å². The topological polar surface area (TPSA) is 61.8 Å². The third kappa shape index (κ3) is 8.50. The summed E-state index contributed by atoms with van der Waals surface area (Å²) in [5.41, 5.74) is 1.78. The van der Waals surface area contributed by atoms with Gasteiger partial charge in [-0.05, 0) is 12.1 Å². The molecule has 0 saturated heterocycles. The summed E-state index contributed by atoms with van der Waals surface area (Å²) in [6.07, 6.45) is 0.708. The van der Waals surface area contributed by atoms with Crippen molar-refractivity contribution in [3.8, 4) is 11.5 Å². The van der Waals surface area contributed by atoms with Crippen LogP contribution in [0.3, 0.4) is 0 Å². The minimum Gasteiger partial charge on any atom is -0.491 e.